The number of para-hydroxylation sites is 1. The average Bonchev–Trinajstić information content (AvgIpc) is 2.87. The van der Waals surface area contributed by atoms with Crippen molar-refractivity contribution in [3.05, 3.63) is 24.3 Å². The largest absolute Gasteiger partial charge is 0.398 e. The number of carbonyl (C=O) groups is 1. The molecule has 1 aromatic carbocycles. The Hall–Kier alpha value is -1.67. The Bertz CT molecular complexity index is 504. The van der Waals surface area contributed by atoms with Gasteiger partial charge in [-0.2, -0.15) is 5.26 Å². The molecule has 1 saturated carbocycles. The molecule has 19 heavy (non-hydrogen) atoms. The van der Waals surface area contributed by atoms with E-state index in [9.17, 15) is 10.1 Å². The molecule has 0 aromatic heterocycles. The van der Waals surface area contributed by atoms with E-state index in [-0.39, 0.29) is 11.7 Å². The van der Waals surface area contributed by atoms with Crippen molar-refractivity contribution in [3.8, 4) is 6.07 Å². The minimum absolute atomic E-state index is 0.100. The summed E-state index contributed by atoms with van der Waals surface area (Å²) >= 11 is 1.40. The van der Waals surface area contributed by atoms with E-state index in [1.165, 1.54) is 11.8 Å². The second-order valence-electron chi connectivity index (χ2n) is 4.78. The van der Waals surface area contributed by atoms with Crippen molar-refractivity contribution in [1.82, 2.24) is 5.32 Å². The fourth-order valence-electron chi connectivity index (χ4n) is 2.30. The van der Waals surface area contributed by atoms with Gasteiger partial charge in [0.05, 0.1) is 11.8 Å². The maximum atomic E-state index is 11.9. The van der Waals surface area contributed by atoms with Crippen LogP contribution >= 0.6 is 11.8 Å². The number of amides is 1. The van der Waals surface area contributed by atoms with Crippen LogP contribution < -0.4 is 11.1 Å². The van der Waals surface area contributed by atoms with Crippen LogP contribution in [0.15, 0.2) is 29.2 Å². The van der Waals surface area contributed by atoms with Crippen LogP contribution in [-0.2, 0) is 4.79 Å². The van der Waals surface area contributed by atoms with Gasteiger partial charge in [0.2, 0.25) is 5.91 Å². The highest BCUT2D eigenvalue weighted by Crippen LogP contribution is 2.29. The zero-order valence-corrected chi connectivity index (χ0v) is 11.5. The fourth-order valence-corrected chi connectivity index (χ4v) is 3.07. The van der Waals surface area contributed by atoms with E-state index in [1.54, 1.807) is 0 Å². The molecule has 5 heteroatoms. The van der Waals surface area contributed by atoms with Gasteiger partial charge >= 0.3 is 0 Å². The van der Waals surface area contributed by atoms with Gasteiger partial charge in [0.15, 0.2) is 0 Å². The van der Waals surface area contributed by atoms with E-state index in [0.29, 0.717) is 5.69 Å². The Morgan fingerprint density at radius 1 is 1.42 bits per heavy atom. The molecule has 0 bridgehead atoms. The lowest BCUT2D eigenvalue weighted by atomic mass is 10.0. The number of rotatable bonds is 4. The number of anilines is 1. The van der Waals surface area contributed by atoms with Gasteiger partial charge in [-0.15, -0.1) is 11.8 Å². The summed E-state index contributed by atoms with van der Waals surface area (Å²) in [7, 11) is 0. The maximum absolute atomic E-state index is 11.9. The van der Waals surface area contributed by atoms with Crippen LogP contribution in [0.5, 0.6) is 0 Å². The smallest absolute Gasteiger partial charge is 0.231 e. The van der Waals surface area contributed by atoms with Crippen molar-refractivity contribution >= 4 is 23.4 Å². The normalized spacial score (nSPS) is 16.8. The summed E-state index contributed by atoms with van der Waals surface area (Å²) in [4.78, 5) is 12.8. The molecule has 1 fully saturated rings. The summed E-state index contributed by atoms with van der Waals surface area (Å²) in [6.45, 7) is 0. The predicted octanol–water partition coefficient (Wildman–Crippen LogP) is 2.31. The number of benzene rings is 1. The molecule has 0 heterocycles. The molecule has 0 spiro atoms. The predicted molar refractivity (Wildman–Crippen MR) is 76.5 cm³/mol. The van der Waals surface area contributed by atoms with Crippen LogP contribution in [0, 0.1) is 11.3 Å². The van der Waals surface area contributed by atoms with Crippen LogP contribution in [0.2, 0.25) is 0 Å². The topological polar surface area (TPSA) is 78.9 Å². The highest BCUT2D eigenvalue weighted by molar-refractivity contribution is 8.00. The number of nitrogens with zero attached hydrogens (tertiary/aromatic N) is 1. The standard InChI is InChI=1S/C14H17N3OS/c15-10-14(7-3-4-8-14)17-13(18)9-19-12-6-2-1-5-11(12)16/h1-2,5-6H,3-4,7-9,16H2,(H,17,18). The molecule has 3 N–H and O–H groups in total. The van der Waals surface area contributed by atoms with Crippen molar-refractivity contribution in [2.75, 3.05) is 11.5 Å². The summed E-state index contributed by atoms with van der Waals surface area (Å²) in [6, 6.07) is 9.71. The first-order chi connectivity index (χ1) is 9.15. The molecular formula is C14H17N3OS. The van der Waals surface area contributed by atoms with Crippen molar-refractivity contribution < 1.29 is 4.79 Å². The number of thioether (sulfide) groups is 1. The minimum Gasteiger partial charge on any atom is -0.398 e. The first-order valence-electron chi connectivity index (χ1n) is 6.35. The molecule has 1 aliphatic rings. The summed E-state index contributed by atoms with van der Waals surface area (Å²) < 4.78 is 0. The third kappa shape index (κ3) is 3.42. The average molecular weight is 275 g/mol. The van der Waals surface area contributed by atoms with E-state index >= 15 is 0 Å². The monoisotopic (exact) mass is 275 g/mol. The molecule has 1 aromatic rings. The van der Waals surface area contributed by atoms with E-state index in [2.05, 4.69) is 11.4 Å². The van der Waals surface area contributed by atoms with Gasteiger partial charge in [-0.3, -0.25) is 4.79 Å². The van der Waals surface area contributed by atoms with Gasteiger partial charge in [-0.25, -0.2) is 0 Å². The van der Waals surface area contributed by atoms with Crippen molar-refractivity contribution in [1.29, 1.82) is 5.26 Å². The molecule has 0 saturated heterocycles. The Balaban J connectivity index is 1.89. The number of nitrogens with one attached hydrogen (secondary N) is 1. The molecule has 4 nitrogen and oxygen atoms in total. The van der Waals surface area contributed by atoms with Gasteiger partial charge in [0.1, 0.15) is 5.54 Å². The van der Waals surface area contributed by atoms with Crippen molar-refractivity contribution in [2.45, 2.75) is 36.1 Å². The third-order valence-corrected chi connectivity index (χ3v) is 4.42. The molecule has 0 radical (unpaired) electrons. The number of nitrogen functional groups attached to an aromatic ring is 1. The van der Waals surface area contributed by atoms with Crippen LogP contribution in [0.1, 0.15) is 25.7 Å². The quantitative estimate of drug-likeness (QED) is 0.653. The molecule has 100 valence electrons. The molecule has 0 atom stereocenters. The molecule has 1 aliphatic carbocycles. The van der Waals surface area contributed by atoms with Gasteiger partial charge in [-0.1, -0.05) is 12.1 Å². The molecule has 1 amide bonds. The summed E-state index contributed by atoms with van der Waals surface area (Å²) in [5.41, 5.74) is 5.86. The van der Waals surface area contributed by atoms with Crippen molar-refractivity contribution in [2.24, 2.45) is 0 Å². The van der Waals surface area contributed by atoms with E-state index < -0.39 is 5.54 Å². The maximum Gasteiger partial charge on any atom is 0.231 e. The van der Waals surface area contributed by atoms with Crippen LogP contribution in [0.4, 0.5) is 5.69 Å². The van der Waals surface area contributed by atoms with Crippen LogP contribution in [-0.4, -0.2) is 17.2 Å². The van der Waals surface area contributed by atoms with Gasteiger partial charge in [0, 0.05) is 10.6 Å². The lowest BCUT2D eigenvalue weighted by Gasteiger charge is -2.21. The van der Waals surface area contributed by atoms with E-state index in [1.807, 2.05) is 24.3 Å². The van der Waals surface area contributed by atoms with Crippen LogP contribution in [0.3, 0.4) is 0 Å². The molecule has 2 rings (SSSR count). The SMILES string of the molecule is N#CC1(NC(=O)CSc2ccccc2N)CCCC1. The second-order valence-corrected chi connectivity index (χ2v) is 5.79. The van der Waals surface area contributed by atoms with Gasteiger partial charge in [-0.05, 0) is 37.8 Å². The zero-order chi connectivity index (χ0) is 13.7. The Morgan fingerprint density at radius 2 is 2.11 bits per heavy atom. The first-order valence-corrected chi connectivity index (χ1v) is 7.33. The van der Waals surface area contributed by atoms with Gasteiger partial charge < -0.3 is 11.1 Å². The number of nitrogens with two attached hydrogens (primary N) is 1. The zero-order valence-electron chi connectivity index (χ0n) is 10.7. The number of hydrogen-bond donors (Lipinski definition) is 2. The Morgan fingerprint density at radius 3 is 2.74 bits per heavy atom. The summed E-state index contributed by atoms with van der Waals surface area (Å²) in [5.74, 6) is 0.189. The molecule has 0 unspecified atom stereocenters. The summed E-state index contributed by atoms with van der Waals surface area (Å²) in [6.07, 6.45) is 3.53. The first kappa shape index (κ1) is 13.8. The number of carbonyl (C=O) groups excluding carboxylic acids is 1. The van der Waals surface area contributed by atoms with E-state index in [4.69, 9.17) is 5.73 Å². The minimum atomic E-state index is -0.639. The molecule has 0 aliphatic heterocycles. The second kappa shape index (κ2) is 5.98. The lowest BCUT2D eigenvalue weighted by Crippen LogP contribution is -2.45. The number of hydrogen-bond acceptors (Lipinski definition) is 4. The highest BCUT2D eigenvalue weighted by Gasteiger charge is 2.35. The highest BCUT2D eigenvalue weighted by atomic mass is 32.2. The lowest BCUT2D eigenvalue weighted by molar-refractivity contribution is -0.119. The van der Waals surface area contributed by atoms with Gasteiger partial charge in [0.25, 0.3) is 0 Å². The van der Waals surface area contributed by atoms with Crippen molar-refractivity contribution in [3.63, 3.8) is 0 Å². The number of nitriles is 1. The van der Waals surface area contributed by atoms with E-state index in [0.717, 1.165) is 30.6 Å². The Kier molecular flexibility index (Phi) is 4.33. The fraction of sp³-hybridized carbons (Fsp3) is 0.429. The summed E-state index contributed by atoms with van der Waals surface area (Å²) in [5, 5.41) is 12.1. The Labute approximate surface area is 117 Å². The van der Waals surface area contributed by atoms with Crippen LogP contribution in [0.25, 0.3) is 0 Å². The molecular weight excluding hydrogens is 258 g/mol. The third-order valence-electron chi connectivity index (χ3n) is 3.33.